The van der Waals surface area contributed by atoms with Crippen LogP contribution in [0, 0.1) is 0 Å². The molecule has 2 aliphatic rings. The van der Waals surface area contributed by atoms with Crippen molar-refractivity contribution in [3.05, 3.63) is 69.8 Å². The summed E-state index contributed by atoms with van der Waals surface area (Å²) in [6.07, 6.45) is -6.41. The number of ether oxygens (including phenoxy) is 2. The number of alkyl carbamates (subject to hydrolysis) is 1. The minimum Gasteiger partial charge on any atom is -0.444 e. The number of alkyl halides is 6. The second-order valence-corrected chi connectivity index (χ2v) is 13.6. The summed E-state index contributed by atoms with van der Waals surface area (Å²) in [6.45, 7) is 5.63. The van der Waals surface area contributed by atoms with Crippen molar-refractivity contribution in [2.45, 2.75) is 70.1 Å². The maximum atomic E-state index is 13.7. The normalized spacial score (nSPS) is 18.2. The second kappa shape index (κ2) is 13.1. The molecular formula is C32H32F6N4O5S. The van der Waals surface area contributed by atoms with Gasteiger partial charge in [-0.15, -0.1) is 0 Å². The molecule has 9 nitrogen and oxygen atoms in total. The van der Waals surface area contributed by atoms with Crippen molar-refractivity contribution in [3.63, 3.8) is 0 Å². The molecule has 2 aromatic carbocycles. The summed E-state index contributed by atoms with van der Waals surface area (Å²) in [7, 11) is 0. The van der Waals surface area contributed by atoms with Crippen molar-refractivity contribution in [3.8, 4) is 0 Å². The number of nitrogens with zero attached hydrogens (tertiary/aromatic N) is 3. The van der Waals surface area contributed by atoms with Crippen molar-refractivity contribution in [2.75, 3.05) is 19.8 Å². The molecule has 2 aliphatic heterocycles. The first-order valence-corrected chi connectivity index (χ1v) is 15.7. The van der Waals surface area contributed by atoms with Gasteiger partial charge in [0.1, 0.15) is 5.60 Å². The number of fused-ring (bicyclic) bond motifs is 1. The Labute approximate surface area is 275 Å². The second-order valence-electron chi connectivity index (χ2n) is 12.6. The monoisotopic (exact) mass is 698 g/mol. The van der Waals surface area contributed by atoms with Crippen LogP contribution in [0.15, 0.2) is 47.5 Å². The Kier molecular flexibility index (Phi) is 9.63. The Morgan fingerprint density at radius 2 is 1.75 bits per heavy atom. The Morgan fingerprint density at radius 3 is 2.40 bits per heavy atom. The molecule has 0 spiro atoms. The van der Waals surface area contributed by atoms with Gasteiger partial charge < -0.3 is 14.8 Å². The van der Waals surface area contributed by atoms with E-state index in [1.807, 2.05) is 0 Å². The molecule has 3 heterocycles. The molecule has 0 aliphatic carbocycles. The van der Waals surface area contributed by atoms with Gasteiger partial charge in [-0.2, -0.15) is 31.4 Å². The van der Waals surface area contributed by atoms with E-state index in [1.54, 1.807) is 39.0 Å². The molecule has 3 amide bonds. The van der Waals surface area contributed by atoms with E-state index in [-0.39, 0.29) is 23.1 Å². The number of benzene rings is 2. The average Bonchev–Trinajstić information content (AvgIpc) is 3.48. The average molecular weight is 699 g/mol. The highest BCUT2D eigenvalue weighted by Crippen LogP contribution is 2.38. The van der Waals surface area contributed by atoms with Crippen molar-refractivity contribution in [1.29, 1.82) is 0 Å². The number of rotatable bonds is 7. The van der Waals surface area contributed by atoms with Crippen LogP contribution in [-0.4, -0.2) is 62.8 Å². The van der Waals surface area contributed by atoms with E-state index >= 15 is 0 Å². The predicted molar refractivity (Wildman–Crippen MR) is 165 cm³/mol. The van der Waals surface area contributed by atoms with Crippen LogP contribution in [0.1, 0.15) is 62.3 Å². The topological polar surface area (TPSA) is 103 Å². The van der Waals surface area contributed by atoms with Crippen LogP contribution in [0.4, 0.5) is 35.9 Å². The van der Waals surface area contributed by atoms with Gasteiger partial charge in [0.25, 0.3) is 11.1 Å². The van der Waals surface area contributed by atoms with Crippen LogP contribution < -0.4 is 5.32 Å². The Balaban J connectivity index is 1.30. The lowest BCUT2D eigenvalue weighted by Gasteiger charge is -2.39. The Hall–Kier alpha value is -4.05. The molecule has 5 rings (SSSR count). The van der Waals surface area contributed by atoms with Crippen LogP contribution in [-0.2, 0) is 33.2 Å². The zero-order chi connectivity index (χ0) is 35.1. The van der Waals surface area contributed by atoms with Crippen molar-refractivity contribution < 1.29 is 50.2 Å². The molecule has 1 aromatic heterocycles. The van der Waals surface area contributed by atoms with Crippen molar-refractivity contribution in [2.24, 2.45) is 0 Å². The first kappa shape index (κ1) is 35.3. The van der Waals surface area contributed by atoms with Gasteiger partial charge in [0.15, 0.2) is 0 Å². The number of thioether (sulfide) groups is 1. The highest BCUT2D eigenvalue weighted by Gasteiger charge is 2.41. The van der Waals surface area contributed by atoms with Gasteiger partial charge in [-0.25, -0.2) is 4.79 Å². The van der Waals surface area contributed by atoms with Gasteiger partial charge in [-0.05, 0) is 93.3 Å². The molecule has 3 aromatic rings. The fourth-order valence-electron chi connectivity index (χ4n) is 5.53. The number of halogens is 6. The van der Waals surface area contributed by atoms with Crippen molar-refractivity contribution in [1.82, 2.24) is 20.0 Å². The number of hydrogen-bond acceptors (Lipinski definition) is 7. The van der Waals surface area contributed by atoms with Gasteiger partial charge in [-0.1, -0.05) is 12.1 Å². The van der Waals surface area contributed by atoms with E-state index in [9.17, 15) is 40.7 Å². The summed E-state index contributed by atoms with van der Waals surface area (Å²) < 4.78 is 92.4. The quantitative estimate of drug-likeness (QED) is 0.200. The lowest BCUT2D eigenvalue weighted by molar-refractivity contribution is -0.143. The third-order valence-corrected chi connectivity index (χ3v) is 8.84. The Morgan fingerprint density at radius 1 is 1.04 bits per heavy atom. The third kappa shape index (κ3) is 8.14. The molecule has 0 radical (unpaired) electrons. The first-order chi connectivity index (χ1) is 22.3. The molecule has 0 bridgehead atoms. The number of aromatic nitrogens is 2. The summed E-state index contributed by atoms with van der Waals surface area (Å²) >= 11 is 0.757. The van der Waals surface area contributed by atoms with Gasteiger partial charge in [-0.3, -0.25) is 19.2 Å². The summed E-state index contributed by atoms with van der Waals surface area (Å²) in [5.41, 5.74) is -3.71. The SMILES string of the molecule is CC(C)(C)OC(=O)NC1(CCN2C(=O)SC(=Cc3ccc4c(cnn4Cc4ccc(C(F)(F)F)cc4C(F)(F)F)c3)C2=O)CCOCC1. The Bertz CT molecular complexity index is 1760. The number of carbonyl (C=O) groups is 3. The van der Waals surface area contributed by atoms with Gasteiger partial charge in [0.05, 0.1) is 34.3 Å². The molecule has 0 saturated carbocycles. The van der Waals surface area contributed by atoms with Crippen LogP contribution in [0.2, 0.25) is 0 Å². The number of carbonyl (C=O) groups excluding carboxylic acids is 3. The molecule has 0 atom stereocenters. The van der Waals surface area contributed by atoms with Crippen molar-refractivity contribution >= 4 is 46.0 Å². The number of hydrogen-bond donors (Lipinski definition) is 1. The predicted octanol–water partition coefficient (Wildman–Crippen LogP) is 7.62. The molecule has 16 heteroatoms. The van der Waals surface area contributed by atoms with Crippen LogP contribution >= 0.6 is 11.8 Å². The van der Waals surface area contributed by atoms with E-state index in [0.717, 1.165) is 22.7 Å². The van der Waals surface area contributed by atoms with E-state index in [2.05, 4.69) is 10.4 Å². The fourth-order valence-corrected chi connectivity index (χ4v) is 6.39. The van der Waals surface area contributed by atoms with Crippen LogP contribution in [0.3, 0.4) is 0 Å². The molecule has 0 unspecified atom stereocenters. The lowest BCUT2D eigenvalue weighted by Crippen LogP contribution is -2.54. The van der Waals surface area contributed by atoms with E-state index < -0.39 is 58.4 Å². The number of nitrogens with one attached hydrogen (secondary N) is 1. The molecule has 1 N–H and O–H groups in total. The maximum Gasteiger partial charge on any atom is 0.416 e. The summed E-state index contributed by atoms with van der Waals surface area (Å²) in [5, 5.41) is 7.09. The molecular weight excluding hydrogens is 666 g/mol. The molecule has 2 fully saturated rings. The fraction of sp³-hybridized carbons (Fsp3) is 0.438. The molecule has 48 heavy (non-hydrogen) atoms. The van der Waals surface area contributed by atoms with Crippen LogP contribution in [0.5, 0.6) is 0 Å². The highest BCUT2D eigenvalue weighted by molar-refractivity contribution is 8.18. The van der Waals surface area contributed by atoms with Gasteiger partial charge >= 0.3 is 18.4 Å². The molecule has 2 saturated heterocycles. The van der Waals surface area contributed by atoms with E-state index in [1.165, 1.54) is 17.0 Å². The van der Waals surface area contributed by atoms with Crippen LogP contribution in [0.25, 0.3) is 17.0 Å². The summed E-state index contributed by atoms with van der Waals surface area (Å²) in [5.74, 6) is -0.512. The minimum absolute atomic E-state index is 0.0491. The number of imide groups is 1. The summed E-state index contributed by atoms with van der Waals surface area (Å²) in [6, 6.07) is 6.27. The van der Waals surface area contributed by atoms with E-state index in [0.29, 0.717) is 55.0 Å². The van der Waals surface area contributed by atoms with Gasteiger partial charge in [0, 0.05) is 30.7 Å². The van der Waals surface area contributed by atoms with Gasteiger partial charge in [0.2, 0.25) is 0 Å². The zero-order valence-electron chi connectivity index (χ0n) is 26.1. The molecule has 258 valence electrons. The minimum atomic E-state index is -5.02. The zero-order valence-corrected chi connectivity index (χ0v) is 26.9. The lowest BCUT2D eigenvalue weighted by atomic mass is 9.86. The van der Waals surface area contributed by atoms with E-state index in [4.69, 9.17) is 9.47 Å². The largest absolute Gasteiger partial charge is 0.444 e. The maximum absolute atomic E-state index is 13.7. The summed E-state index contributed by atoms with van der Waals surface area (Å²) in [4.78, 5) is 40.0. The third-order valence-electron chi connectivity index (χ3n) is 7.93. The number of amides is 3. The smallest absolute Gasteiger partial charge is 0.416 e. The first-order valence-electron chi connectivity index (χ1n) is 14.9. The highest BCUT2D eigenvalue weighted by atomic mass is 32.2. The standard InChI is InChI=1S/C32H32F6N4O5S/c1-29(2,3)47-27(44)40-30(9-12-46-13-10-30)8-11-41-26(43)25(48-28(41)45)15-19-4-7-24-21(14-19)17-39-42(24)18-20-5-6-22(31(33,34)35)16-23(20)32(36,37)38/h4-7,14-17H,8-13,18H2,1-3H3,(H,40,44).